The highest BCUT2D eigenvalue weighted by atomic mass is 16.2. The van der Waals surface area contributed by atoms with Gasteiger partial charge in [0.05, 0.1) is 0 Å². The highest BCUT2D eigenvalue weighted by molar-refractivity contribution is 5.87. The maximum absolute atomic E-state index is 12.7. The predicted octanol–water partition coefficient (Wildman–Crippen LogP) is 2.39. The molecule has 0 spiro atoms. The summed E-state index contributed by atoms with van der Waals surface area (Å²) in [5.74, 6) is -0.00369. The van der Waals surface area contributed by atoms with Crippen LogP contribution in [0.25, 0.3) is 5.57 Å². The van der Waals surface area contributed by atoms with Gasteiger partial charge in [-0.05, 0) is 23.5 Å². The van der Waals surface area contributed by atoms with Crippen LogP contribution in [0.4, 0.5) is 4.79 Å². The van der Waals surface area contributed by atoms with E-state index in [1.807, 2.05) is 32.0 Å². The lowest BCUT2D eigenvalue weighted by Crippen LogP contribution is -2.53. The number of carbonyl (C=O) groups is 2. The highest BCUT2D eigenvalue weighted by Crippen LogP contribution is 2.23. The highest BCUT2D eigenvalue weighted by Gasteiger charge is 2.30. The molecule has 0 fully saturated rings. The monoisotopic (exact) mass is 315 g/mol. The van der Waals surface area contributed by atoms with Gasteiger partial charge in [-0.15, -0.1) is 0 Å². The van der Waals surface area contributed by atoms with Crippen molar-refractivity contribution in [1.82, 2.24) is 10.2 Å². The molecule has 0 radical (unpaired) electrons. The molecule has 1 aromatic rings. The van der Waals surface area contributed by atoms with E-state index in [0.29, 0.717) is 13.1 Å². The molecule has 0 saturated heterocycles. The minimum absolute atomic E-state index is 0.0505. The van der Waals surface area contributed by atoms with Crippen LogP contribution in [0.1, 0.15) is 32.3 Å². The molecule has 0 aromatic heterocycles. The first-order chi connectivity index (χ1) is 11.0. The van der Waals surface area contributed by atoms with E-state index < -0.39 is 12.1 Å². The molecule has 1 aliphatic heterocycles. The van der Waals surface area contributed by atoms with Gasteiger partial charge in [0.25, 0.3) is 0 Å². The van der Waals surface area contributed by atoms with Crippen molar-refractivity contribution in [3.63, 3.8) is 0 Å². The zero-order valence-corrected chi connectivity index (χ0v) is 13.8. The number of hydrogen-bond acceptors (Lipinski definition) is 2. The first-order valence-electron chi connectivity index (χ1n) is 8.12. The van der Waals surface area contributed by atoms with Gasteiger partial charge in [-0.1, -0.05) is 56.7 Å². The van der Waals surface area contributed by atoms with Crippen molar-refractivity contribution in [1.29, 1.82) is 0 Å². The second-order valence-corrected chi connectivity index (χ2v) is 6.00. The van der Waals surface area contributed by atoms with E-state index in [9.17, 15) is 9.59 Å². The summed E-state index contributed by atoms with van der Waals surface area (Å²) in [6, 6.07) is 8.99. The van der Waals surface area contributed by atoms with Crippen LogP contribution in [-0.4, -0.2) is 36.0 Å². The summed E-state index contributed by atoms with van der Waals surface area (Å²) >= 11 is 0. The molecule has 1 aromatic carbocycles. The smallest absolute Gasteiger partial charge is 0.312 e. The normalized spacial score (nSPS) is 17.1. The van der Waals surface area contributed by atoms with Gasteiger partial charge < -0.3 is 16.0 Å². The number of rotatable bonds is 5. The van der Waals surface area contributed by atoms with Gasteiger partial charge in [0.1, 0.15) is 6.04 Å². The van der Waals surface area contributed by atoms with Crippen LogP contribution in [0.15, 0.2) is 36.4 Å². The Kier molecular flexibility index (Phi) is 5.79. The lowest BCUT2D eigenvalue weighted by molar-refractivity contribution is -0.134. The van der Waals surface area contributed by atoms with Gasteiger partial charge in [0.15, 0.2) is 0 Å². The Hall–Kier alpha value is -2.30. The van der Waals surface area contributed by atoms with Crippen LogP contribution in [0.3, 0.4) is 0 Å². The van der Waals surface area contributed by atoms with Crippen LogP contribution in [0, 0.1) is 5.92 Å². The van der Waals surface area contributed by atoms with Gasteiger partial charge in [-0.2, -0.15) is 0 Å². The maximum Gasteiger partial charge on any atom is 0.312 e. The summed E-state index contributed by atoms with van der Waals surface area (Å²) < 4.78 is 0. The molecule has 3 amide bonds. The van der Waals surface area contributed by atoms with Crippen molar-refractivity contribution in [3.8, 4) is 0 Å². The van der Waals surface area contributed by atoms with Crippen LogP contribution in [0.5, 0.6) is 0 Å². The Morgan fingerprint density at radius 1 is 1.30 bits per heavy atom. The van der Waals surface area contributed by atoms with E-state index in [-0.39, 0.29) is 11.8 Å². The zero-order chi connectivity index (χ0) is 16.8. The van der Waals surface area contributed by atoms with Crippen LogP contribution < -0.4 is 11.1 Å². The van der Waals surface area contributed by atoms with Crippen LogP contribution >= 0.6 is 0 Å². The zero-order valence-electron chi connectivity index (χ0n) is 13.8. The minimum Gasteiger partial charge on any atom is -0.352 e. The van der Waals surface area contributed by atoms with Gasteiger partial charge in [0, 0.05) is 13.1 Å². The first-order valence-corrected chi connectivity index (χ1v) is 8.12. The van der Waals surface area contributed by atoms with Crippen molar-refractivity contribution < 1.29 is 9.59 Å². The SMILES string of the molecule is CCC(C)C(NC(N)=O)C(=O)N1CC=C(c2ccccc2)CC1. The third-order valence-corrected chi connectivity index (χ3v) is 4.44. The fraction of sp³-hybridized carbons (Fsp3) is 0.444. The molecule has 124 valence electrons. The van der Waals surface area contributed by atoms with E-state index >= 15 is 0 Å². The summed E-state index contributed by atoms with van der Waals surface area (Å²) in [4.78, 5) is 25.7. The number of urea groups is 1. The number of nitrogens with one attached hydrogen (secondary N) is 1. The van der Waals surface area contributed by atoms with Gasteiger partial charge in [-0.25, -0.2) is 4.79 Å². The summed E-state index contributed by atoms with van der Waals surface area (Å²) in [5.41, 5.74) is 7.68. The molecule has 0 saturated carbocycles. The average molecular weight is 315 g/mol. The van der Waals surface area contributed by atoms with Crippen molar-refractivity contribution in [3.05, 3.63) is 42.0 Å². The van der Waals surface area contributed by atoms with E-state index in [1.54, 1.807) is 4.90 Å². The van der Waals surface area contributed by atoms with E-state index in [4.69, 9.17) is 5.73 Å². The number of primary amides is 1. The molecule has 0 bridgehead atoms. The molecule has 1 heterocycles. The lowest BCUT2D eigenvalue weighted by Gasteiger charge is -2.32. The number of nitrogens with two attached hydrogens (primary N) is 1. The van der Waals surface area contributed by atoms with Crippen molar-refractivity contribution in [2.24, 2.45) is 11.7 Å². The molecule has 5 nitrogen and oxygen atoms in total. The van der Waals surface area contributed by atoms with Crippen molar-refractivity contribution in [2.75, 3.05) is 13.1 Å². The van der Waals surface area contributed by atoms with Crippen molar-refractivity contribution in [2.45, 2.75) is 32.7 Å². The molecule has 2 rings (SSSR count). The molecular formula is C18H25N3O2. The molecule has 23 heavy (non-hydrogen) atoms. The molecule has 2 unspecified atom stereocenters. The fourth-order valence-electron chi connectivity index (χ4n) is 2.82. The standard InChI is InChI=1S/C18H25N3O2/c1-3-13(2)16(20-18(19)23)17(22)21-11-9-15(10-12-21)14-7-5-4-6-8-14/h4-9,13,16H,3,10-12H2,1-2H3,(H3,19,20,23). The third kappa shape index (κ3) is 4.34. The van der Waals surface area contributed by atoms with E-state index in [0.717, 1.165) is 12.8 Å². The Balaban J connectivity index is 2.06. The number of hydrogen-bond donors (Lipinski definition) is 2. The van der Waals surface area contributed by atoms with Gasteiger partial charge in [0.2, 0.25) is 5.91 Å². The summed E-state index contributed by atoms with van der Waals surface area (Å²) in [7, 11) is 0. The third-order valence-electron chi connectivity index (χ3n) is 4.44. The average Bonchev–Trinajstić information content (AvgIpc) is 2.59. The Morgan fingerprint density at radius 2 is 2.00 bits per heavy atom. The molecule has 0 aliphatic carbocycles. The van der Waals surface area contributed by atoms with Crippen LogP contribution in [0.2, 0.25) is 0 Å². The van der Waals surface area contributed by atoms with Gasteiger partial charge in [-0.3, -0.25) is 4.79 Å². The first kappa shape index (κ1) is 17.1. The summed E-state index contributed by atoms with van der Waals surface area (Å²) in [5, 5.41) is 2.60. The fourth-order valence-corrected chi connectivity index (χ4v) is 2.82. The molecule has 2 atom stereocenters. The van der Waals surface area contributed by atoms with Gasteiger partial charge >= 0.3 is 6.03 Å². The number of benzene rings is 1. The molecular weight excluding hydrogens is 290 g/mol. The second-order valence-electron chi connectivity index (χ2n) is 6.00. The second kappa shape index (κ2) is 7.81. The van der Waals surface area contributed by atoms with E-state index in [1.165, 1.54) is 11.1 Å². The number of nitrogens with zero attached hydrogens (tertiary/aromatic N) is 1. The topological polar surface area (TPSA) is 75.4 Å². The summed E-state index contributed by atoms with van der Waals surface area (Å²) in [6.45, 7) is 5.17. The minimum atomic E-state index is -0.652. The van der Waals surface area contributed by atoms with E-state index in [2.05, 4.69) is 23.5 Å². The summed E-state index contributed by atoms with van der Waals surface area (Å²) in [6.07, 6.45) is 3.71. The largest absolute Gasteiger partial charge is 0.352 e. The maximum atomic E-state index is 12.7. The molecule has 1 aliphatic rings. The Labute approximate surface area is 137 Å². The molecule has 3 N–H and O–H groups in total. The number of carbonyl (C=O) groups excluding carboxylic acids is 2. The predicted molar refractivity (Wildman–Crippen MR) is 91.6 cm³/mol. The lowest BCUT2D eigenvalue weighted by atomic mass is 9.95. The Bertz CT molecular complexity index is 583. The van der Waals surface area contributed by atoms with Crippen molar-refractivity contribution >= 4 is 17.5 Å². The Morgan fingerprint density at radius 3 is 2.52 bits per heavy atom. The quantitative estimate of drug-likeness (QED) is 0.875. The molecule has 5 heteroatoms. The van der Waals surface area contributed by atoms with Crippen LogP contribution in [-0.2, 0) is 4.79 Å². The number of amides is 3.